The van der Waals surface area contributed by atoms with Gasteiger partial charge in [-0.1, -0.05) is 45.1 Å². The van der Waals surface area contributed by atoms with Gasteiger partial charge in [-0.25, -0.2) is 18.0 Å². The van der Waals surface area contributed by atoms with Gasteiger partial charge in [0.25, 0.3) is 0 Å². The van der Waals surface area contributed by atoms with Crippen LogP contribution >= 0.6 is 0 Å². The van der Waals surface area contributed by atoms with Crippen molar-refractivity contribution in [3.05, 3.63) is 65.0 Å². The standard InChI is InChI=1S/C14H9F3O2.C7H14/c1-8-2-3-13(12(17)4-8)19-14(18)9-5-10(15)7-11(16)6-9;1-7-5-3-2-4-6-7/h2-7H,1H3;7H,2-6H2,1H3. The van der Waals surface area contributed by atoms with Crippen LogP contribution in [0.5, 0.6) is 5.75 Å². The molecule has 1 aliphatic rings. The Hall–Kier alpha value is -2.30. The van der Waals surface area contributed by atoms with Crippen molar-refractivity contribution >= 4 is 5.97 Å². The number of ether oxygens (including phenoxy) is 1. The van der Waals surface area contributed by atoms with E-state index in [9.17, 15) is 18.0 Å². The second kappa shape index (κ2) is 9.41. The van der Waals surface area contributed by atoms with E-state index in [0.29, 0.717) is 11.6 Å². The summed E-state index contributed by atoms with van der Waals surface area (Å²) in [4.78, 5) is 11.6. The summed E-state index contributed by atoms with van der Waals surface area (Å²) in [6.07, 6.45) is 7.44. The Labute approximate surface area is 152 Å². The number of carbonyl (C=O) groups excluding carboxylic acids is 1. The summed E-state index contributed by atoms with van der Waals surface area (Å²) in [6, 6.07) is 6.28. The van der Waals surface area contributed by atoms with Gasteiger partial charge in [-0.05, 0) is 42.7 Å². The van der Waals surface area contributed by atoms with Gasteiger partial charge >= 0.3 is 5.97 Å². The first-order valence-electron chi connectivity index (χ1n) is 8.79. The SMILES string of the molecule is CC1CCCCC1.Cc1ccc(OC(=O)c2cc(F)cc(F)c2)c(F)c1. The lowest BCUT2D eigenvalue weighted by Crippen LogP contribution is -2.10. The molecular formula is C21H23F3O2. The van der Waals surface area contributed by atoms with E-state index in [-0.39, 0.29) is 11.3 Å². The fourth-order valence-corrected chi connectivity index (χ4v) is 2.83. The minimum Gasteiger partial charge on any atom is -0.420 e. The summed E-state index contributed by atoms with van der Waals surface area (Å²) in [6.45, 7) is 4.04. The van der Waals surface area contributed by atoms with Gasteiger partial charge < -0.3 is 4.74 Å². The molecule has 0 unspecified atom stereocenters. The molecule has 3 rings (SSSR count). The number of hydrogen-bond donors (Lipinski definition) is 0. The van der Waals surface area contributed by atoms with E-state index in [4.69, 9.17) is 4.74 Å². The van der Waals surface area contributed by atoms with Crippen LogP contribution < -0.4 is 4.74 Å². The number of benzene rings is 2. The van der Waals surface area contributed by atoms with E-state index in [1.807, 2.05) is 0 Å². The number of rotatable bonds is 2. The Bertz CT molecular complexity index is 733. The Morgan fingerprint density at radius 2 is 1.58 bits per heavy atom. The first-order chi connectivity index (χ1) is 12.3. The molecular weight excluding hydrogens is 341 g/mol. The molecule has 0 atom stereocenters. The van der Waals surface area contributed by atoms with Crippen molar-refractivity contribution in [3.8, 4) is 5.75 Å². The molecule has 0 aliphatic heterocycles. The number of carbonyl (C=O) groups is 1. The van der Waals surface area contributed by atoms with Crippen LogP contribution in [-0.2, 0) is 0 Å². The lowest BCUT2D eigenvalue weighted by atomic mass is 9.91. The summed E-state index contributed by atoms with van der Waals surface area (Å²) in [5, 5.41) is 0. The number of halogens is 3. The third-order valence-electron chi connectivity index (χ3n) is 4.28. The summed E-state index contributed by atoms with van der Waals surface area (Å²) >= 11 is 0. The Morgan fingerprint density at radius 1 is 0.962 bits per heavy atom. The van der Waals surface area contributed by atoms with E-state index in [1.54, 1.807) is 13.0 Å². The van der Waals surface area contributed by atoms with Crippen LogP contribution in [0.2, 0.25) is 0 Å². The van der Waals surface area contributed by atoms with Crippen molar-refractivity contribution in [1.29, 1.82) is 0 Å². The van der Waals surface area contributed by atoms with Gasteiger partial charge in [0.05, 0.1) is 5.56 Å². The minimum absolute atomic E-state index is 0.291. The summed E-state index contributed by atoms with van der Waals surface area (Å²) in [5.41, 5.74) is 0.339. The van der Waals surface area contributed by atoms with Gasteiger partial charge in [0.15, 0.2) is 11.6 Å². The molecule has 2 aromatic rings. The molecule has 0 aromatic heterocycles. The highest BCUT2D eigenvalue weighted by Crippen LogP contribution is 2.22. The van der Waals surface area contributed by atoms with Crippen LogP contribution in [0.1, 0.15) is 54.9 Å². The van der Waals surface area contributed by atoms with Crippen molar-refractivity contribution < 1.29 is 22.7 Å². The second-order valence-corrected chi connectivity index (χ2v) is 6.72. The molecule has 0 amide bonds. The van der Waals surface area contributed by atoms with Crippen LogP contribution in [0, 0.1) is 30.3 Å². The molecule has 2 aromatic carbocycles. The average Bonchev–Trinajstić information content (AvgIpc) is 2.58. The normalized spacial score (nSPS) is 14.3. The fraction of sp³-hybridized carbons (Fsp3) is 0.381. The zero-order valence-electron chi connectivity index (χ0n) is 15.0. The molecule has 26 heavy (non-hydrogen) atoms. The molecule has 1 fully saturated rings. The van der Waals surface area contributed by atoms with E-state index in [0.717, 1.165) is 18.1 Å². The molecule has 140 valence electrons. The molecule has 0 radical (unpaired) electrons. The monoisotopic (exact) mass is 364 g/mol. The first-order valence-corrected chi connectivity index (χ1v) is 8.79. The lowest BCUT2D eigenvalue weighted by Gasteiger charge is -2.15. The van der Waals surface area contributed by atoms with Crippen molar-refractivity contribution in [2.45, 2.75) is 46.0 Å². The number of aryl methyl sites for hydroxylation is 1. The van der Waals surface area contributed by atoms with Crippen LogP contribution in [0.4, 0.5) is 13.2 Å². The second-order valence-electron chi connectivity index (χ2n) is 6.72. The van der Waals surface area contributed by atoms with Gasteiger partial charge in [-0.15, -0.1) is 0 Å². The maximum atomic E-state index is 13.5. The molecule has 2 nitrogen and oxygen atoms in total. The predicted octanol–water partition coefficient (Wildman–Crippen LogP) is 6.22. The van der Waals surface area contributed by atoms with Crippen LogP contribution in [0.25, 0.3) is 0 Å². The van der Waals surface area contributed by atoms with Gasteiger partial charge in [0, 0.05) is 6.07 Å². The molecule has 0 saturated heterocycles. The third-order valence-corrected chi connectivity index (χ3v) is 4.28. The maximum Gasteiger partial charge on any atom is 0.343 e. The summed E-state index contributed by atoms with van der Waals surface area (Å²) in [5.74, 6) is -2.81. The Kier molecular flexibility index (Phi) is 7.25. The topological polar surface area (TPSA) is 26.3 Å². The molecule has 0 heterocycles. The highest BCUT2D eigenvalue weighted by atomic mass is 19.1. The quantitative estimate of drug-likeness (QED) is 0.467. The third kappa shape index (κ3) is 6.21. The van der Waals surface area contributed by atoms with Crippen molar-refractivity contribution in [3.63, 3.8) is 0 Å². The zero-order chi connectivity index (χ0) is 19.1. The number of esters is 1. The highest BCUT2D eigenvalue weighted by molar-refractivity contribution is 5.91. The predicted molar refractivity (Wildman–Crippen MR) is 94.7 cm³/mol. The maximum absolute atomic E-state index is 13.5. The molecule has 5 heteroatoms. The van der Waals surface area contributed by atoms with Gasteiger partial charge in [-0.2, -0.15) is 0 Å². The summed E-state index contributed by atoms with van der Waals surface area (Å²) in [7, 11) is 0. The van der Waals surface area contributed by atoms with Crippen LogP contribution in [-0.4, -0.2) is 5.97 Å². The van der Waals surface area contributed by atoms with Crippen LogP contribution in [0.3, 0.4) is 0 Å². The molecule has 0 spiro atoms. The molecule has 1 saturated carbocycles. The highest BCUT2D eigenvalue weighted by Gasteiger charge is 2.14. The van der Waals surface area contributed by atoms with Crippen molar-refractivity contribution in [2.75, 3.05) is 0 Å². The average molecular weight is 364 g/mol. The van der Waals surface area contributed by atoms with E-state index >= 15 is 0 Å². The van der Waals surface area contributed by atoms with E-state index in [2.05, 4.69) is 6.92 Å². The van der Waals surface area contributed by atoms with Crippen molar-refractivity contribution in [1.82, 2.24) is 0 Å². The van der Waals surface area contributed by atoms with Crippen molar-refractivity contribution in [2.24, 2.45) is 5.92 Å². The largest absolute Gasteiger partial charge is 0.420 e. The molecule has 0 N–H and O–H groups in total. The Morgan fingerprint density at radius 3 is 2.08 bits per heavy atom. The van der Waals surface area contributed by atoms with Gasteiger partial charge in [0.2, 0.25) is 0 Å². The minimum atomic E-state index is -1.03. The van der Waals surface area contributed by atoms with E-state index in [1.165, 1.54) is 44.2 Å². The summed E-state index contributed by atoms with van der Waals surface area (Å²) < 4.78 is 44.1. The first kappa shape index (κ1) is 20.0. The fourth-order valence-electron chi connectivity index (χ4n) is 2.83. The molecule has 0 bridgehead atoms. The van der Waals surface area contributed by atoms with E-state index < -0.39 is 23.4 Å². The number of hydrogen-bond acceptors (Lipinski definition) is 2. The van der Waals surface area contributed by atoms with Crippen LogP contribution in [0.15, 0.2) is 36.4 Å². The van der Waals surface area contributed by atoms with Gasteiger partial charge in [0.1, 0.15) is 11.6 Å². The van der Waals surface area contributed by atoms with Gasteiger partial charge in [-0.3, -0.25) is 0 Å². The Balaban J connectivity index is 0.000000290. The smallest absolute Gasteiger partial charge is 0.343 e. The molecule has 1 aliphatic carbocycles. The lowest BCUT2D eigenvalue weighted by molar-refractivity contribution is 0.0726. The zero-order valence-corrected chi connectivity index (χ0v) is 15.0.